The van der Waals surface area contributed by atoms with E-state index in [1.807, 2.05) is 0 Å². The first-order valence-electron chi connectivity index (χ1n) is 31.8. The molecule has 12 aromatic carbocycles. The number of furan rings is 1. The lowest BCUT2D eigenvalue weighted by atomic mass is 9.42. The highest BCUT2D eigenvalue weighted by Gasteiger charge is 2.56. The molecule has 2 aliphatic carbocycles. The van der Waals surface area contributed by atoms with Gasteiger partial charge in [0.05, 0.1) is 16.5 Å². The van der Waals surface area contributed by atoms with Gasteiger partial charge in [0, 0.05) is 50.8 Å². The largest absolute Gasteiger partial charge is 0.456 e. The Balaban J connectivity index is 0.997. The van der Waals surface area contributed by atoms with Crippen molar-refractivity contribution in [2.45, 2.75) is 77.6 Å². The molecule has 13 aromatic rings. The maximum atomic E-state index is 7.02. The number of benzene rings is 12. The van der Waals surface area contributed by atoms with Gasteiger partial charge in [-0.15, -0.1) is 0 Å². The molecular formula is C84H66BN3O. The summed E-state index contributed by atoms with van der Waals surface area (Å²) in [5, 5.41) is 2.25. The van der Waals surface area contributed by atoms with Crippen molar-refractivity contribution in [3.63, 3.8) is 0 Å². The highest BCUT2D eigenvalue weighted by molar-refractivity contribution is 6.94. The third-order valence-corrected chi connectivity index (χ3v) is 21.2. The maximum Gasteiger partial charge on any atom is 0.333 e. The minimum atomic E-state index is -0.617. The summed E-state index contributed by atoms with van der Waals surface area (Å²) < 4.78 is 7.02. The van der Waals surface area contributed by atoms with Crippen molar-refractivity contribution in [3.8, 4) is 44.5 Å². The lowest BCUT2D eigenvalue weighted by molar-refractivity contribution is 0.332. The Morgan fingerprint density at radius 3 is 1.62 bits per heavy atom. The van der Waals surface area contributed by atoms with Crippen LogP contribution >= 0.6 is 0 Å². The van der Waals surface area contributed by atoms with Gasteiger partial charge in [-0.25, -0.2) is 0 Å². The van der Waals surface area contributed by atoms with E-state index >= 15 is 0 Å². The Hall–Kier alpha value is -10.1. The standard InChI is InChI=1S/C84H66BN3O/c1-51-45-56(54-23-10-8-11-24-54)37-40-71(51)86(72-41-38-57(46-52(72)2)55-25-12-9-13-26-55)58-48-63-61-39-42-77-78(62-29-16-21-36-76(62)89-77)80(61)88(74-50-69-68(47-53(74)3)82(4,5)43-44-83(69,6)7)85-70-34-22-33-67-81(70)87(75(49-58)79(63)85)73-35-20-19-32-66(73)84(67)64-30-17-14-27-59(64)60-28-15-18-31-65(60)84/h8-42,45-50H,43-44H2,1-7H3. The van der Waals surface area contributed by atoms with Crippen LogP contribution in [0.4, 0.5) is 45.5 Å². The highest BCUT2D eigenvalue weighted by Crippen LogP contribution is 2.65. The van der Waals surface area contributed by atoms with Gasteiger partial charge in [-0.05, 0) is 211 Å². The zero-order chi connectivity index (χ0) is 59.8. The molecule has 0 amide bonds. The number of para-hydroxylation sites is 3. The van der Waals surface area contributed by atoms with Gasteiger partial charge in [0.1, 0.15) is 11.2 Å². The zero-order valence-electron chi connectivity index (χ0n) is 51.4. The predicted molar refractivity (Wildman–Crippen MR) is 373 cm³/mol. The van der Waals surface area contributed by atoms with E-state index in [-0.39, 0.29) is 17.7 Å². The molecule has 3 aliphatic heterocycles. The van der Waals surface area contributed by atoms with Gasteiger partial charge in [0.2, 0.25) is 0 Å². The average Bonchev–Trinajstić information content (AvgIpc) is 1.52. The lowest BCUT2D eigenvalue weighted by Crippen LogP contribution is -2.63. The molecule has 0 fully saturated rings. The first-order valence-corrected chi connectivity index (χ1v) is 31.8. The number of hydrogen-bond acceptors (Lipinski definition) is 4. The molecule has 1 spiro atoms. The molecule has 1 aromatic heterocycles. The average molecular weight is 1140 g/mol. The summed E-state index contributed by atoms with van der Waals surface area (Å²) in [6.45, 7) is 16.5. The second kappa shape index (κ2) is 18.7. The van der Waals surface area contributed by atoms with Crippen molar-refractivity contribution in [2.24, 2.45) is 0 Å². The molecule has 5 heteroatoms. The summed E-state index contributed by atoms with van der Waals surface area (Å²) in [4.78, 5) is 8.06. The molecule has 0 saturated carbocycles. The fraction of sp³-hybridized carbons (Fsp3) is 0.143. The summed E-state index contributed by atoms with van der Waals surface area (Å²) in [5.74, 6) is 0. The number of rotatable bonds is 6. The van der Waals surface area contributed by atoms with Crippen molar-refractivity contribution >= 4 is 85.2 Å². The van der Waals surface area contributed by atoms with Crippen LogP contribution in [0.25, 0.3) is 66.4 Å². The Kier molecular flexibility index (Phi) is 10.9. The minimum absolute atomic E-state index is 0.0316. The lowest BCUT2D eigenvalue weighted by Gasteiger charge is -2.52. The molecule has 0 atom stereocenters. The summed E-state index contributed by atoms with van der Waals surface area (Å²) in [6.07, 6.45) is 2.26. The first kappa shape index (κ1) is 52.1. The van der Waals surface area contributed by atoms with Crippen LogP contribution in [-0.2, 0) is 16.2 Å². The molecule has 0 bridgehead atoms. The van der Waals surface area contributed by atoms with Crippen molar-refractivity contribution in [1.82, 2.24) is 0 Å². The minimum Gasteiger partial charge on any atom is -0.456 e. The predicted octanol–water partition coefficient (Wildman–Crippen LogP) is 21.0. The van der Waals surface area contributed by atoms with Crippen molar-refractivity contribution in [2.75, 3.05) is 14.6 Å². The summed E-state index contributed by atoms with van der Waals surface area (Å²) in [6, 6.07) is 94.5. The highest BCUT2D eigenvalue weighted by atomic mass is 16.3. The van der Waals surface area contributed by atoms with Crippen LogP contribution in [-0.4, -0.2) is 6.85 Å². The van der Waals surface area contributed by atoms with E-state index in [2.05, 4.69) is 312 Å². The number of fused-ring (bicyclic) bond motifs is 18. The van der Waals surface area contributed by atoms with Gasteiger partial charge < -0.3 is 19.0 Å². The molecule has 89 heavy (non-hydrogen) atoms. The van der Waals surface area contributed by atoms with Crippen molar-refractivity contribution < 1.29 is 4.42 Å². The van der Waals surface area contributed by atoms with Crippen LogP contribution < -0.4 is 25.5 Å². The molecule has 426 valence electrons. The van der Waals surface area contributed by atoms with Crippen LogP contribution in [0.5, 0.6) is 0 Å². The molecule has 4 nitrogen and oxygen atoms in total. The van der Waals surface area contributed by atoms with E-state index < -0.39 is 5.41 Å². The molecule has 0 unspecified atom stereocenters. The van der Waals surface area contributed by atoms with Crippen LogP contribution in [0.2, 0.25) is 0 Å². The van der Waals surface area contributed by atoms with E-state index in [0.717, 1.165) is 51.8 Å². The topological polar surface area (TPSA) is 22.9 Å². The van der Waals surface area contributed by atoms with Gasteiger partial charge in [-0.2, -0.15) is 0 Å². The summed E-state index contributed by atoms with van der Waals surface area (Å²) >= 11 is 0. The van der Waals surface area contributed by atoms with Crippen LogP contribution in [0, 0.1) is 20.8 Å². The van der Waals surface area contributed by atoms with Crippen LogP contribution in [0.15, 0.2) is 253 Å². The fourth-order valence-electron chi connectivity index (χ4n) is 17.0. The molecule has 4 heterocycles. The third kappa shape index (κ3) is 7.19. The molecule has 0 radical (unpaired) electrons. The smallest absolute Gasteiger partial charge is 0.333 e. The zero-order valence-corrected chi connectivity index (χ0v) is 51.4. The summed E-state index contributed by atoms with van der Waals surface area (Å²) in [5.41, 5.74) is 34.6. The van der Waals surface area contributed by atoms with Gasteiger partial charge in [0.15, 0.2) is 0 Å². The third-order valence-electron chi connectivity index (χ3n) is 21.2. The molecule has 0 N–H and O–H groups in total. The Bertz CT molecular complexity index is 5030. The second-order valence-electron chi connectivity index (χ2n) is 27.1. The number of nitrogens with zero attached hydrogens (tertiary/aromatic N) is 3. The Morgan fingerprint density at radius 1 is 0.393 bits per heavy atom. The van der Waals surface area contributed by atoms with Crippen molar-refractivity contribution in [1.29, 1.82) is 0 Å². The Morgan fingerprint density at radius 2 is 0.966 bits per heavy atom. The van der Waals surface area contributed by atoms with Gasteiger partial charge in [0.25, 0.3) is 0 Å². The van der Waals surface area contributed by atoms with Gasteiger partial charge in [-0.3, -0.25) is 0 Å². The van der Waals surface area contributed by atoms with E-state index in [4.69, 9.17) is 4.42 Å². The van der Waals surface area contributed by atoms with E-state index in [1.165, 1.54) is 134 Å². The number of anilines is 8. The molecule has 18 rings (SSSR count). The van der Waals surface area contributed by atoms with Crippen LogP contribution in [0.1, 0.15) is 90.6 Å². The molecule has 0 saturated heterocycles. The molecular weight excluding hydrogens is 1080 g/mol. The summed E-state index contributed by atoms with van der Waals surface area (Å²) in [7, 11) is 0. The maximum absolute atomic E-state index is 7.02. The van der Waals surface area contributed by atoms with E-state index in [9.17, 15) is 0 Å². The Labute approximate surface area is 522 Å². The van der Waals surface area contributed by atoms with Crippen molar-refractivity contribution in [3.05, 3.63) is 299 Å². The second-order valence-corrected chi connectivity index (χ2v) is 27.1. The monoisotopic (exact) mass is 1140 g/mol. The fourth-order valence-corrected chi connectivity index (χ4v) is 17.0. The number of hydrogen-bond donors (Lipinski definition) is 0. The molecule has 5 aliphatic rings. The first-order chi connectivity index (χ1) is 43.4. The van der Waals surface area contributed by atoms with E-state index in [0.29, 0.717) is 0 Å². The van der Waals surface area contributed by atoms with E-state index in [1.54, 1.807) is 0 Å². The number of aryl methyl sites for hydroxylation is 3. The normalized spacial score (nSPS) is 15.5. The van der Waals surface area contributed by atoms with Crippen LogP contribution in [0.3, 0.4) is 0 Å². The quantitative estimate of drug-likeness (QED) is 0.155. The van der Waals surface area contributed by atoms with Gasteiger partial charge in [-0.1, -0.05) is 210 Å². The van der Waals surface area contributed by atoms with Gasteiger partial charge >= 0.3 is 6.85 Å². The SMILES string of the molecule is Cc1cc2c(cc1N1B3c4cccc5c4N(c4ccccc4C54c5ccccc5-c5ccccc54)c4cc(N(c5ccc(-c6ccccc6)cc5C)c5ccc(-c6ccccc6)cc5C)cc(c43)-c3ccc4oc5ccccc5c4c31)C(C)(C)CCC2(C)C.